The highest BCUT2D eigenvalue weighted by atomic mass is 16.7. The first-order valence-corrected chi connectivity index (χ1v) is 12.2. The monoisotopic (exact) mass is 479 g/mol. The number of ether oxygens (including phenoxy) is 4. The molecular weight excluding hydrogens is 446 g/mol. The SMILES string of the molecule is COc1ccc(C2=NN(C(=O)CN3CCC4(CC3)OCCO4)C(c3ccc(C)cc3)C2)cc1OC. The molecule has 1 spiro atoms. The van der Waals surface area contributed by atoms with Crippen LogP contribution >= 0.6 is 0 Å². The van der Waals surface area contributed by atoms with E-state index in [9.17, 15) is 4.79 Å². The van der Waals surface area contributed by atoms with Gasteiger partial charge in [0.05, 0.1) is 45.7 Å². The topological polar surface area (TPSA) is 72.8 Å². The van der Waals surface area contributed by atoms with Gasteiger partial charge < -0.3 is 18.9 Å². The number of benzene rings is 2. The summed E-state index contributed by atoms with van der Waals surface area (Å²) in [5.41, 5.74) is 4.04. The van der Waals surface area contributed by atoms with E-state index in [0.29, 0.717) is 37.7 Å². The van der Waals surface area contributed by atoms with Crippen molar-refractivity contribution in [3.63, 3.8) is 0 Å². The lowest BCUT2D eigenvalue weighted by atomic mass is 9.97. The van der Waals surface area contributed by atoms with Crippen molar-refractivity contribution in [2.45, 2.75) is 38.0 Å². The predicted molar refractivity (Wildman–Crippen MR) is 132 cm³/mol. The van der Waals surface area contributed by atoms with Crippen LogP contribution in [0.3, 0.4) is 0 Å². The van der Waals surface area contributed by atoms with Crippen LogP contribution in [0.1, 0.15) is 42.0 Å². The maximum absolute atomic E-state index is 13.5. The van der Waals surface area contributed by atoms with Gasteiger partial charge in [0.15, 0.2) is 17.3 Å². The summed E-state index contributed by atoms with van der Waals surface area (Å²) in [6, 6.07) is 14.0. The number of hydrogen-bond donors (Lipinski definition) is 0. The highest BCUT2D eigenvalue weighted by molar-refractivity contribution is 6.03. The van der Waals surface area contributed by atoms with Gasteiger partial charge in [0.25, 0.3) is 5.91 Å². The minimum absolute atomic E-state index is 0.00439. The fourth-order valence-electron chi connectivity index (χ4n) is 5.08. The molecule has 3 aliphatic heterocycles. The van der Waals surface area contributed by atoms with E-state index >= 15 is 0 Å². The van der Waals surface area contributed by atoms with E-state index in [-0.39, 0.29) is 11.9 Å². The van der Waals surface area contributed by atoms with E-state index in [1.165, 1.54) is 5.56 Å². The van der Waals surface area contributed by atoms with Gasteiger partial charge in [-0.1, -0.05) is 29.8 Å². The van der Waals surface area contributed by atoms with Crippen molar-refractivity contribution < 1.29 is 23.7 Å². The molecule has 186 valence electrons. The molecule has 1 unspecified atom stereocenters. The van der Waals surface area contributed by atoms with Gasteiger partial charge in [-0.05, 0) is 30.7 Å². The standard InChI is InChI=1S/C27H33N3O5/c1-19-4-6-20(7-5-19)23-17-22(21-8-9-24(32-2)25(16-21)33-3)28-30(23)26(31)18-29-12-10-27(11-13-29)34-14-15-35-27/h4-9,16,23H,10-15,17-18H2,1-3H3. The summed E-state index contributed by atoms with van der Waals surface area (Å²) in [6.45, 7) is 5.22. The molecule has 2 aromatic carbocycles. The number of hydrazone groups is 1. The number of carbonyl (C=O) groups is 1. The van der Waals surface area contributed by atoms with Crippen molar-refractivity contribution in [1.29, 1.82) is 0 Å². The average molecular weight is 480 g/mol. The van der Waals surface area contributed by atoms with Gasteiger partial charge in [0.2, 0.25) is 0 Å². The van der Waals surface area contributed by atoms with Crippen molar-refractivity contribution in [1.82, 2.24) is 9.91 Å². The minimum atomic E-state index is -0.448. The number of nitrogens with zero attached hydrogens (tertiary/aromatic N) is 3. The van der Waals surface area contributed by atoms with Crippen LogP contribution in [0.4, 0.5) is 0 Å². The molecule has 0 radical (unpaired) electrons. The lowest BCUT2D eigenvalue weighted by Crippen LogP contribution is -2.48. The minimum Gasteiger partial charge on any atom is -0.493 e. The Hall–Kier alpha value is -2.94. The normalized spacial score (nSPS) is 21.9. The van der Waals surface area contributed by atoms with Gasteiger partial charge in [-0.3, -0.25) is 9.69 Å². The lowest BCUT2D eigenvalue weighted by Gasteiger charge is -2.37. The Morgan fingerprint density at radius 3 is 2.37 bits per heavy atom. The fourth-order valence-corrected chi connectivity index (χ4v) is 5.08. The molecule has 3 aliphatic rings. The molecule has 2 saturated heterocycles. The van der Waals surface area contributed by atoms with Crippen molar-refractivity contribution in [3.8, 4) is 11.5 Å². The van der Waals surface area contributed by atoms with Crippen LogP contribution in [-0.2, 0) is 14.3 Å². The Bertz CT molecular complexity index is 1080. The Balaban J connectivity index is 1.36. The van der Waals surface area contributed by atoms with Gasteiger partial charge in [-0.25, -0.2) is 5.01 Å². The highest BCUT2D eigenvalue weighted by Crippen LogP contribution is 2.36. The molecule has 1 amide bonds. The van der Waals surface area contributed by atoms with Gasteiger partial charge >= 0.3 is 0 Å². The summed E-state index contributed by atoms with van der Waals surface area (Å²) in [7, 11) is 3.24. The predicted octanol–water partition coefficient (Wildman–Crippen LogP) is 3.53. The number of hydrogen-bond acceptors (Lipinski definition) is 7. The Labute approximate surface area is 206 Å². The molecule has 0 saturated carbocycles. The second-order valence-corrected chi connectivity index (χ2v) is 9.37. The molecule has 3 heterocycles. The van der Waals surface area contributed by atoms with Gasteiger partial charge in [-0.15, -0.1) is 0 Å². The number of rotatable bonds is 6. The second kappa shape index (κ2) is 9.97. The largest absolute Gasteiger partial charge is 0.493 e. The Morgan fingerprint density at radius 2 is 1.71 bits per heavy atom. The fraction of sp³-hybridized carbons (Fsp3) is 0.481. The zero-order valence-corrected chi connectivity index (χ0v) is 20.7. The van der Waals surface area contributed by atoms with Crippen molar-refractivity contribution in [2.75, 3.05) is 47.1 Å². The smallest absolute Gasteiger partial charge is 0.257 e. The summed E-state index contributed by atoms with van der Waals surface area (Å²) in [4.78, 5) is 15.7. The third kappa shape index (κ3) is 4.91. The number of amides is 1. The Morgan fingerprint density at radius 1 is 1.03 bits per heavy atom. The van der Waals surface area contributed by atoms with Gasteiger partial charge in [-0.2, -0.15) is 5.10 Å². The van der Waals surface area contributed by atoms with E-state index in [0.717, 1.165) is 42.8 Å². The molecule has 0 aromatic heterocycles. The molecule has 0 aliphatic carbocycles. The van der Waals surface area contributed by atoms with Gasteiger partial charge in [0, 0.05) is 37.9 Å². The van der Waals surface area contributed by atoms with Gasteiger partial charge in [0.1, 0.15) is 0 Å². The molecular formula is C27H33N3O5. The maximum Gasteiger partial charge on any atom is 0.257 e. The summed E-state index contributed by atoms with van der Waals surface area (Å²) < 4.78 is 22.5. The van der Waals surface area contributed by atoms with Crippen molar-refractivity contribution >= 4 is 11.6 Å². The zero-order valence-electron chi connectivity index (χ0n) is 20.7. The van der Waals surface area contributed by atoms with E-state index in [1.807, 2.05) is 18.2 Å². The third-order valence-corrected chi connectivity index (χ3v) is 7.14. The number of piperidine rings is 1. The second-order valence-electron chi connectivity index (χ2n) is 9.37. The van der Waals surface area contributed by atoms with Crippen molar-refractivity contribution in [2.24, 2.45) is 5.10 Å². The van der Waals surface area contributed by atoms with E-state index in [1.54, 1.807) is 19.2 Å². The molecule has 8 nitrogen and oxygen atoms in total. The number of aryl methyl sites for hydroxylation is 1. The summed E-state index contributed by atoms with van der Waals surface area (Å²) in [5.74, 6) is 0.852. The number of methoxy groups -OCH3 is 2. The average Bonchev–Trinajstić information content (AvgIpc) is 3.53. The van der Waals surface area contributed by atoms with Crippen LogP contribution in [0.25, 0.3) is 0 Å². The molecule has 1 atom stereocenters. The summed E-state index contributed by atoms with van der Waals surface area (Å²) in [5, 5.41) is 6.50. The first-order valence-electron chi connectivity index (χ1n) is 12.2. The van der Waals surface area contributed by atoms with Crippen LogP contribution in [0, 0.1) is 6.92 Å². The molecule has 8 heteroatoms. The molecule has 2 fully saturated rings. The quantitative estimate of drug-likeness (QED) is 0.631. The van der Waals surface area contributed by atoms with E-state index in [2.05, 4.69) is 36.1 Å². The Kier molecular flexibility index (Phi) is 6.77. The highest BCUT2D eigenvalue weighted by Gasteiger charge is 2.41. The lowest BCUT2D eigenvalue weighted by molar-refractivity contribution is -0.186. The number of carbonyl (C=O) groups excluding carboxylic acids is 1. The first kappa shape index (κ1) is 23.8. The molecule has 2 aromatic rings. The maximum atomic E-state index is 13.5. The molecule has 0 bridgehead atoms. The first-order chi connectivity index (χ1) is 17.0. The van der Waals surface area contributed by atoms with Crippen LogP contribution in [-0.4, -0.2) is 74.4 Å². The number of likely N-dealkylation sites (tertiary alicyclic amines) is 1. The molecule has 35 heavy (non-hydrogen) atoms. The molecule has 0 N–H and O–H groups in total. The van der Waals surface area contributed by atoms with E-state index in [4.69, 9.17) is 24.0 Å². The zero-order chi connectivity index (χ0) is 24.4. The van der Waals surface area contributed by atoms with Crippen LogP contribution in [0.2, 0.25) is 0 Å². The third-order valence-electron chi connectivity index (χ3n) is 7.14. The summed E-state index contributed by atoms with van der Waals surface area (Å²) in [6.07, 6.45) is 2.19. The van der Waals surface area contributed by atoms with Crippen LogP contribution < -0.4 is 9.47 Å². The van der Waals surface area contributed by atoms with Crippen LogP contribution in [0.5, 0.6) is 11.5 Å². The van der Waals surface area contributed by atoms with Crippen LogP contribution in [0.15, 0.2) is 47.6 Å². The summed E-state index contributed by atoms with van der Waals surface area (Å²) >= 11 is 0. The van der Waals surface area contributed by atoms with E-state index < -0.39 is 5.79 Å². The molecule has 5 rings (SSSR count). The van der Waals surface area contributed by atoms with Crippen molar-refractivity contribution in [3.05, 3.63) is 59.2 Å².